The van der Waals surface area contributed by atoms with Crippen LogP contribution in [0, 0.1) is 0 Å². The number of carboxylic acids is 2. The van der Waals surface area contributed by atoms with Crippen LogP contribution in [0.5, 0.6) is 0 Å². The molecule has 70 valence electrons. The summed E-state index contributed by atoms with van der Waals surface area (Å²) < 4.78 is 4.06. The van der Waals surface area contributed by atoms with Crippen molar-refractivity contribution in [2.45, 2.75) is 13.8 Å². The summed E-state index contributed by atoms with van der Waals surface area (Å²) in [5.74, 6) is -2.55. The number of carbonyl (C=O) groups excluding carboxylic acids is 1. The van der Waals surface area contributed by atoms with Gasteiger partial charge in [0.2, 0.25) is 0 Å². The molecular formula is C6H10O6. The maximum atomic E-state index is 9.86. The molecule has 0 aromatic heterocycles. The average molecular weight is 178 g/mol. The Morgan fingerprint density at radius 3 is 1.58 bits per heavy atom. The minimum atomic E-state index is -1.14. The SMILES string of the molecule is CC(=O)O.CC(=O)OCC(=O)O. The van der Waals surface area contributed by atoms with Gasteiger partial charge in [0.15, 0.2) is 6.61 Å². The first kappa shape index (κ1) is 13.0. The predicted molar refractivity (Wildman–Crippen MR) is 37.6 cm³/mol. The molecule has 0 unspecified atom stereocenters. The number of carbonyl (C=O) groups is 3. The summed E-state index contributed by atoms with van der Waals surface area (Å²) in [5, 5.41) is 15.3. The van der Waals surface area contributed by atoms with Crippen molar-refractivity contribution in [2.75, 3.05) is 6.61 Å². The second-order valence-electron chi connectivity index (χ2n) is 1.69. The molecule has 0 aliphatic carbocycles. The van der Waals surface area contributed by atoms with Crippen LogP contribution < -0.4 is 0 Å². The molecule has 0 saturated heterocycles. The van der Waals surface area contributed by atoms with Crippen molar-refractivity contribution in [1.29, 1.82) is 0 Å². The first-order chi connectivity index (χ1) is 5.36. The van der Waals surface area contributed by atoms with Crippen molar-refractivity contribution < 1.29 is 29.3 Å². The molecule has 0 spiro atoms. The van der Waals surface area contributed by atoms with Crippen molar-refractivity contribution in [2.24, 2.45) is 0 Å². The summed E-state index contributed by atoms with van der Waals surface area (Å²) in [7, 11) is 0. The molecule has 0 amide bonds. The minimum absolute atomic E-state index is 0.546. The predicted octanol–water partition coefficient (Wildman–Crippen LogP) is -0.275. The topological polar surface area (TPSA) is 101 Å². The van der Waals surface area contributed by atoms with Crippen LogP contribution in [0.3, 0.4) is 0 Å². The molecule has 6 heteroatoms. The number of ether oxygens (including phenoxy) is 1. The molecule has 0 atom stereocenters. The lowest BCUT2D eigenvalue weighted by molar-refractivity contribution is -0.153. The summed E-state index contributed by atoms with van der Waals surface area (Å²) in [6.45, 7) is 1.69. The molecule has 0 radical (unpaired) electrons. The summed E-state index contributed by atoms with van der Waals surface area (Å²) in [6, 6.07) is 0. The normalized spacial score (nSPS) is 7.50. The Balaban J connectivity index is 0. The molecule has 0 aromatic rings. The zero-order chi connectivity index (χ0) is 10.1. The Morgan fingerprint density at radius 2 is 1.50 bits per heavy atom. The molecule has 2 N–H and O–H groups in total. The second-order valence-corrected chi connectivity index (χ2v) is 1.69. The number of carboxylic acid groups (broad SMARTS) is 2. The van der Waals surface area contributed by atoms with E-state index in [-0.39, 0.29) is 0 Å². The number of hydrogen-bond donors (Lipinski definition) is 2. The lowest BCUT2D eigenvalue weighted by atomic mass is 10.7. The molecule has 6 nitrogen and oxygen atoms in total. The van der Waals surface area contributed by atoms with Gasteiger partial charge in [-0.05, 0) is 0 Å². The highest BCUT2D eigenvalue weighted by atomic mass is 16.5. The Bertz CT molecular complexity index is 155. The van der Waals surface area contributed by atoms with Gasteiger partial charge in [-0.25, -0.2) is 4.79 Å². The van der Waals surface area contributed by atoms with E-state index in [4.69, 9.17) is 15.0 Å². The van der Waals surface area contributed by atoms with E-state index < -0.39 is 24.5 Å². The summed E-state index contributed by atoms with van der Waals surface area (Å²) in [5.41, 5.74) is 0. The van der Waals surface area contributed by atoms with Crippen molar-refractivity contribution in [3.8, 4) is 0 Å². The Kier molecular flexibility index (Phi) is 8.16. The van der Waals surface area contributed by atoms with Gasteiger partial charge in [0.1, 0.15) is 0 Å². The third kappa shape index (κ3) is 39.7. The van der Waals surface area contributed by atoms with Crippen LogP contribution in [0.2, 0.25) is 0 Å². The van der Waals surface area contributed by atoms with Crippen molar-refractivity contribution in [3.63, 3.8) is 0 Å². The van der Waals surface area contributed by atoms with Crippen LogP contribution in [-0.4, -0.2) is 34.7 Å². The Labute approximate surface area is 68.8 Å². The molecule has 0 aliphatic heterocycles. The Morgan fingerprint density at radius 1 is 1.17 bits per heavy atom. The lowest BCUT2D eigenvalue weighted by Crippen LogP contribution is -2.09. The maximum Gasteiger partial charge on any atom is 0.341 e. The van der Waals surface area contributed by atoms with Crippen molar-refractivity contribution in [3.05, 3.63) is 0 Å². The average Bonchev–Trinajstić information content (AvgIpc) is 1.82. The monoisotopic (exact) mass is 178 g/mol. The fraction of sp³-hybridized carbons (Fsp3) is 0.500. The molecule has 0 fully saturated rings. The van der Waals surface area contributed by atoms with E-state index >= 15 is 0 Å². The second kappa shape index (κ2) is 7.52. The van der Waals surface area contributed by atoms with Crippen LogP contribution in [0.1, 0.15) is 13.8 Å². The minimum Gasteiger partial charge on any atom is -0.481 e. The quantitative estimate of drug-likeness (QED) is 0.564. The maximum absolute atomic E-state index is 9.86. The van der Waals surface area contributed by atoms with Gasteiger partial charge >= 0.3 is 11.9 Å². The molecular weight excluding hydrogens is 168 g/mol. The van der Waals surface area contributed by atoms with Crippen LogP contribution in [0.25, 0.3) is 0 Å². The molecule has 0 aliphatic rings. The van der Waals surface area contributed by atoms with Gasteiger partial charge in [0, 0.05) is 13.8 Å². The van der Waals surface area contributed by atoms with Crippen LogP contribution in [-0.2, 0) is 19.1 Å². The molecule has 0 heterocycles. The molecule has 12 heavy (non-hydrogen) atoms. The van der Waals surface area contributed by atoms with E-state index in [9.17, 15) is 9.59 Å². The van der Waals surface area contributed by atoms with Gasteiger partial charge in [0.05, 0.1) is 0 Å². The van der Waals surface area contributed by atoms with Crippen molar-refractivity contribution >= 4 is 17.9 Å². The van der Waals surface area contributed by atoms with E-state index in [1.165, 1.54) is 0 Å². The summed E-state index contributed by atoms with van der Waals surface area (Å²) >= 11 is 0. The molecule has 0 bridgehead atoms. The third-order valence-corrected chi connectivity index (χ3v) is 0.399. The smallest absolute Gasteiger partial charge is 0.341 e. The van der Waals surface area contributed by atoms with Gasteiger partial charge in [-0.1, -0.05) is 0 Å². The van der Waals surface area contributed by atoms with E-state index in [0.717, 1.165) is 13.8 Å². The number of hydrogen-bond acceptors (Lipinski definition) is 4. The standard InChI is InChI=1S/C4H6O4.C2H4O2/c1-3(5)8-2-4(6)7;1-2(3)4/h2H2,1H3,(H,6,7);1H3,(H,3,4). The van der Waals surface area contributed by atoms with Gasteiger partial charge in [-0.15, -0.1) is 0 Å². The summed E-state index contributed by atoms with van der Waals surface area (Å²) in [6.07, 6.45) is 0. The first-order valence-corrected chi connectivity index (χ1v) is 2.91. The fourth-order valence-corrected chi connectivity index (χ4v) is 0.163. The van der Waals surface area contributed by atoms with Crippen LogP contribution >= 0.6 is 0 Å². The third-order valence-electron chi connectivity index (χ3n) is 0.399. The van der Waals surface area contributed by atoms with Gasteiger partial charge in [0.25, 0.3) is 5.97 Å². The molecule has 0 saturated carbocycles. The van der Waals surface area contributed by atoms with Gasteiger partial charge in [-0.2, -0.15) is 0 Å². The number of esters is 1. The fourth-order valence-electron chi connectivity index (χ4n) is 0.163. The number of aliphatic carboxylic acids is 2. The van der Waals surface area contributed by atoms with E-state index in [1.807, 2.05) is 0 Å². The van der Waals surface area contributed by atoms with Crippen molar-refractivity contribution in [1.82, 2.24) is 0 Å². The largest absolute Gasteiger partial charge is 0.481 e. The van der Waals surface area contributed by atoms with Crippen LogP contribution in [0.4, 0.5) is 0 Å². The van der Waals surface area contributed by atoms with E-state index in [2.05, 4.69) is 4.74 Å². The van der Waals surface area contributed by atoms with Crippen LogP contribution in [0.15, 0.2) is 0 Å². The number of rotatable bonds is 2. The van der Waals surface area contributed by atoms with Gasteiger partial charge in [-0.3, -0.25) is 9.59 Å². The Hall–Kier alpha value is -1.59. The highest BCUT2D eigenvalue weighted by Crippen LogP contribution is 1.73. The van der Waals surface area contributed by atoms with Gasteiger partial charge < -0.3 is 14.9 Å². The lowest BCUT2D eigenvalue weighted by Gasteiger charge is -1.92. The van der Waals surface area contributed by atoms with E-state index in [0.29, 0.717) is 0 Å². The van der Waals surface area contributed by atoms with E-state index in [1.54, 1.807) is 0 Å². The highest BCUT2D eigenvalue weighted by molar-refractivity contribution is 5.73. The zero-order valence-electron chi connectivity index (χ0n) is 6.73. The molecule has 0 rings (SSSR count). The highest BCUT2D eigenvalue weighted by Gasteiger charge is 1.97. The zero-order valence-corrected chi connectivity index (χ0v) is 6.73. The summed E-state index contributed by atoms with van der Waals surface area (Å²) in [4.78, 5) is 28.5. The molecule has 0 aromatic carbocycles. The first-order valence-electron chi connectivity index (χ1n) is 2.91.